The van der Waals surface area contributed by atoms with E-state index in [2.05, 4.69) is 52.0 Å². The third kappa shape index (κ3) is 4.40. The number of hydrogen-bond acceptors (Lipinski definition) is 2. The van der Waals surface area contributed by atoms with Crippen molar-refractivity contribution < 1.29 is 4.39 Å². The number of benzene rings is 2. The summed E-state index contributed by atoms with van der Waals surface area (Å²) >= 11 is 0. The second kappa shape index (κ2) is 8.24. The highest BCUT2D eigenvalue weighted by Crippen LogP contribution is 2.24. The number of aryl methyl sites for hydroxylation is 2. The highest BCUT2D eigenvalue weighted by molar-refractivity contribution is 5.84. The van der Waals surface area contributed by atoms with Gasteiger partial charge in [-0.3, -0.25) is 4.90 Å². The average Bonchev–Trinajstić information content (AvgIpc) is 2.98. The van der Waals surface area contributed by atoms with Crippen molar-refractivity contribution in [2.45, 2.75) is 26.3 Å². The minimum atomic E-state index is -0.177. The molecule has 1 N–H and O–H groups in total. The molecule has 3 aromatic rings. The average molecular weight is 365 g/mol. The Bertz CT molecular complexity index is 879. The lowest BCUT2D eigenvalue weighted by atomic mass is 10.1. The maximum atomic E-state index is 13.4. The lowest BCUT2D eigenvalue weighted by Gasteiger charge is -2.34. The van der Waals surface area contributed by atoms with E-state index in [4.69, 9.17) is 0 Å². The lowest BCUT2D eigenvalue weighted by molar-refractivity contribution is 0.126. The molecule has 0 spiro atoms. The van der Waals surface area contributed by atoms with Gasteiger partial charge in [-0.25, -0.2) is 4.39 Å². The van der Waals surface area contributed by atoms with Gasteiger partial charge in [0, 0.05) is 49.3 Å². The summed E-state index contributed by atoms with van der Waals surface area (Å²) in [5.41, 5.74) is 4.82. The Morgan fingerprint density at radius 2 is 1.70 bits per heavy atom. The third-order valence-corrected chi connectivity index (χ3v) is 5.70. The van der Waals surface area contributed by atoms with Crippen molar-refractivity contribution in [3.05, 3.63) is 71.2 Å². The Morgan fingerprint density at radius 3 is 2.48 bits per heavy atom. The van der Waals surface area contributed by atoms with Crippen molar-refractivity contribution in [1.29, 1.82) is 0 Å². The summed E-state index contributed by atoms with van der Waals surface area (Å²) in [7, 11) is 0. The van der Waals surface area contributed by atoms with Crippen molar-refractivity contribution in [2.75, 3.05) is 32.7 Å². The van der Waals surface area contributed by atoms with Gasteiger partial charge in [-0.05, 0) is 55.6 Å². The molecule has 1 saturated heterocycles. The summed E-state index contributed by atoms with van der Waals surface area (Å²) in [5, 5.41) is 1.17. The van der Waals surface area contributed by atoms with Gasteiger partial charge in [0.25, 0.3) is 0 Å². The van der Waals surface area contributed by atoms with E-state index in [0.717, 1.165) is 57.6 Å². The fourth-order valence-electron chi connectivity index (χ4n) is 4.18. The summed E-state index contributed by atoms with van der Waals surface area (Å²) in [6, 6.07) is 15.8. The predicted octanol–water partition coefficient (Wildman–Crippen LogP) is 4.37. The van der Waals surface area contributed by atoms with Gasteiger partial charge in [-0.1, -0.05) is 30.3 Å². The van der Waals surface area contributed by atoms with Crippen LogP contribution in [0.15, 0.2) is 48.5 Å². The van der Waals surface area contributed by atoms with Crippen molar-refractivity contribution >= 4 is 10.9 Å². The molecule has 27 heavy (non-hydrogen) atoms. The van der Waals surface area contributed by atoms with Gasteiger partial charge >= 0.3 is 0 Å². The van der Waals surface area contributed by atoms with E-state index in [-0.39, 0.29) is 5.82 Å². The highest BCUT2D eigenvalue weighted by Gasteiger charge is 2.17. The van der Waals surface area contributed by atoms with Crippen LogP contribution in [0.1, 0.15) is 23.2 Å². The number of aromatic amines is 1. The van der Waals surface area contributed by atoms with Crippen molar-refractivity contribution in [3.8, 4) is 0 Å². The molecule has 0 aliphatic carbocycles. The van der Waals surface area contributed by atoms with Crippen LogP contribution in [0, 0.1) is 12.7 Å². The van der Waals surface area contributed by atoms with Crippen molar-refractivity contribution in [1.82, 2.24) is 14.8 Å². The Kier molecular flexibility index (Phi) is 5.55. The van der Waals surface area contributed by atoms with E-state index < -0.39 is 0 Å². The molecule has 4 heteroatoms. The van der Waals surface area contributed by atoms with Crippen LogP contribution in [0.4, 0.5) is 4.39 Å². The molecule has 0 amide bonds. The lowest BCUT2D eigenvalue weighted by Crippen LogP contribution is -2.46. The largest absolute Gasteiger partial charge is 0.358 e. The molecule has 1 aliphatic heterocycles. The van der Waals surface area contributed by atoms with Crippen LogP contribution in [-0.4, -0.2) is 47.5 Å². The first kappa shape index (κ1) is 18.2. The van der Waals surface area contributed by atoms with Gasteiger partial charge in [-0.2, -0.15) is 0 Å². The normalized spacial score (nSPS) is 16.2. The second-order valence-corrected chi connectivity index (χ2v) is 7.63. The second-order valence-electron chi connectivity index (χ2n) is 7.63. The van der Waals surface area contributed by atoms with Crippen molar-refractivity contribution in [2.24, 2.45) is 0 Å². The Hall–Kier alpha value is -2.17. The number of nitrogens with zero attached hydrogens (tertiary/aromatic N) is 2. The molecule has 2 heterocycles. The molecule has 2 aromatic carbocycles. The molecule has 4 rings (SSSR count). The standard InChI is InChI=1S/C23H28FN3/c1-18-21(22-10-9-20(24)16-23(22)25-18)8-5-11-26-12-14-27(15-13-26)17-19-6-3-2-4-7-19/h2-4,6-7,9-10,16,25H,5,8,11-15,17H2,1H3. The van der Waals surface area contributed by atoms with Crippen molar-refractivity contribution in [3.63, 3.8) is 0 Å². The molecular weight excluding hydrogens is 337 g/mol. The van der Waals surface area contributed by atoms with E-state index in [9.17, 15) is 4.39 Å². The molecule has 1 aromatic heterocycles. The molecule has 3 nitrogen and oxygen atoms in total. The predicted molar refractivity (Wildman–Crippen MR) is 109 cm³/mol. The Morgan fingerprint density at radius 1 is 0.963 bits per heavy atom. The molecular formula is C23H28FN3. The summed E-state index contributed by atoms with van der Waals surface area (Å²) in [6.07, 6.45) is 2.19. The van der Waals surface area contributed by atoms with Crippen LogP contribution in [0.5, 0.6) is 0 Å². The molecule has 0 saturated carbocycles. The fraction of sp³-hybridized carbons (Fsp3) is 0.391. The Labute approximate surface area is 160 Å². The maximum Gasteiger partial charge on any atom is 0.125 e. The number of fused-ring (bicyclic) bond motifs is 1. The molecule has 0 atom stereocenters. The summed E-state index contributed by atoms with van der Waals surface area (Å²) in [4.78, 5) is 8.45. The number of rotatable bonds is 6. The van der Waals surface area contributed by atoms with Gasteiger partial charge in [-0.15, -0.1) is 0 Å². The maximum absolute atomic E-state index is 13.4. The first-order valence-corrected chi connectivity index (χ1v) is 9.94. The van der Waals surface area contributed by atoms with Crippen LogP contribution in [0.3, 0.4) is 0 Å². The first-order chi connectivity index (χ1) is 13.2. The van der Waals surface area contributed by atoms with Gasteiger partial charge in [0.2, 0.25) is 0 Å². The number of aromatic nitrogens is 1. The third-order valence-electron chi connectivity index (χ3n) is 5.70. The first-order valence-electron chi connectivity index (χ1n) is 9.94. The highest BCUT2D eigenvalue weighted by atomic mass is 19.1. The Balaban J connectivity index is 1.25. The molecule has 1 fully saturated rings. The fourth-order valence-corrected chi connectivity index (χ4v) is 4.18. The molecule has 142 valence electrons. The molecule has 0 radical (unpaired) electrons. The quantitative estimate of drug-likeness (QED) is 0.701. The van der Waals surface area contributed by atoms with E-state index >= 15 is 0 Å². The number of halogens is 1. The zero-order valence-corrected chi connectivity index (χ0v) is 16.0. The summed E-state index contributed by atoms with van der Waals surface area (Å²) in [5.74, 6) is -0.177. The number of piperazine rings is 1. The number of nitrogens with one attached hydrogen (secondary N) is 1. The topological polar surface area (TPSA) is 22.3 Å². The minimum absolute atomic E-state index is 0.177. The van der Waals surface area contributed by atoms with Crippen LogP contribution < -0.4 is 0 Å². The van der Waals surface area contributed by atoms with E-state index in [1.807, 2.05) is 6.07 Å². The van der Waals surface area contributed by atoms with E-state index in [1.54, 1.807) is 12.1 Å². The van der Waals surface area contributed by atoms with E-state index in [1.165, 1.54) is 22.2 Å². The zero-order chi connectivity index (χ0) is 18.6. The number of H-pyrrole nitrogens is 1. The molecule has 0 bridgehead atoms. The minimum Gasteiger partial charge on any atom is -0.358 e. The zero-order valence-electron chi connectivity index (χ0n) is 16.0. The SMILES string of the molecule is Cc1[nH]c2cc(F)ccc2c1CCCN1CCN(Cc2ccccc2)CC1. The van der Waals surface area contributed by atoms with Crippen LogP contribution >= 0.6 is 0 Å². The molecule has 1 aliphatic rings. The summed E-state index contributed by atoms with van der Waals surface area (Å²) < 4.78 is 13.4. The monoisotopic (exact) mass is 365 g/mol. The van der Waals surface area contributed by atoms with Gasteiger partial charge in [0.05, 0.1) is 0 Å². The van der Waals surface area contributed by atoms with Crippen LogP contribution in [-0.2, 0) is 13.0 Å². The van der Waals surface area contributed by atoms with Crippen LogP contribution in [0.2, 0.25) is 0 Å². The van der Waals surface area contributed by atoms with E-state index in [0.29, 0.717) is 0 Å². The smallest absolute Gasteiger partial charge is 0.125 e. The van der Waals surface area contributed by atoms with Crippen LogP contribution in [0.25, 0.3) is 10.9 Å². The van der Waals surface area contributed by atoms with Gasteiger partial charge in [0.1, 0.15) is 5.82 Å². The number of hydrogen-bond donors (Lipinski definition) is 1. The molecule has 0 unspecified atom stereocenters. The van der Waals surface area contributed by atoms with Gasteiger partial charge < -0.3 is 9.88 Å². The van der Waals surface area contributed by atoms with Gasteiger partial charge in [0.15, 0.2) is 0 Å². The summed E-state index contributed by atoms with van der Waals surface area (Å²) in [6.45, 7) is 8.85.